The van der Waals surface area contributed by atoms with Gasteiger partial charge in [0.2, 0.25) is 0 Å². The lowest BCUT2D eigenvalue weighted by molar-refractivity contribution is 0.123. The fourth-order valence-corrected chi connectivity index (χ4v) is 1.66. The number of benzene rings is 1. The molecule has 0 radical (unpaired) electrons. The van der Waals surface area contributed by atoms with Crippen molar-refractivity contribution in [2.45, 2.75) is 13.5 Å². The van der Waals surface area contributed by atoms with Crippen molar-refractivity contribution in [3.8, 4) is 5.75 Å². The molecule has 1 rings (SSSR count). The molecular formula is C9H12BrNO2. The molecule has 1 aromatic rings. The van der Waals surface area contributed by atoms with Crippen LogP contribution < -0.4 is 10.6 Å². The van der Waals surface area contributed by atoms with Gasteiger partial charge < -0.3 is 4.74 Å². The maximum absolute atomic E-state index is 5.17. The number of rotatable bonds is 3. The van der Waals surface area contributed by atoms with E-state index in [0.717, 1.165) is 21.3 Å². The smallest absolute Gasteiger partial charge is 0.133 e. The summed E-state index contributed by atoms with van der Waals surface area (Å²) in [6.07, 6.45) is 0. The summed E-state index contributed by atoms with van der Waals surface area (Å²) in [7, 11) is 1.63. The Bertz CT molecular complexity index is 302. The zero-order chi connectivity index (χ0) is 9.84. The fraction of sp³-hybridized carbons (Fsp3) is 0.333. The molecule has 3 nitrogen and oxygen atoms in total. The number of methoxy groups -OCH3 is 1. The van der Waals surface area contributed by atoms with E-state index < -0.39 is 0 Å². The number of hydrogen-bond donors (Lipinski definition) is 1. The minimum absolute atomic E-state index is 0.374. The van der Waals surface area contributed by atoms with E-state index in [0.29, 0.717) is 6.61 Å². The number of halogens is 1. The second kappa shape index (κ2) is 4.60. The van der Waals surface area contributed by atoms with Crippen molar-refractivity contribution < 1.29 is 9.57 Å². The molecule has 13 heavy (non-hydrogen) atoms. The third-order valence-corrected chi connectivity index (χ3v) is 2.62. The minimum Gasteiger partial charge on any atom is -0.496 e. The van der Waals surface area contributed by atoms with Gasteiger partial charge in [-0.1, -0.05) is 6.07 Å². The molecule has 0 aliphatic heterocycles. The third-order valence-electron chi connectivity index (χ3n) is 1.72. The summed E-state index contributed by atoms with van der Waals surface area (Å²) in [6, 6.07) is 3.95. The van der Waals surface area contributed by atoms with Crippen molar-refractivity contribution in [2.75, 3.05) is 7.11 Å². The van der Waals surface area contributed by atoms with Crippen LogP contribution in [0, 0.1) is 6.92 Å². The highest BCUT2D eigenvalue weighted by Crippen LogP contribution is 2.30. The first-order valence-electron chi connectivity index (χ1n) is 3.83. The third kappa shape index (κ3) is 2.43. The van der Waals surface area contributed by atoms with E-state index in [1.165, 1.54) is 0 Å². The van der Waals surface area contributed by atoms with Crippen LogP contribution in [0.15, 0.2) is 16.6 Å². The van der Waals surface area contributed by atoms with Gasteiger partial charge in [-0.2, -0.15) is 0 Å². The molecule has 0 amide bonds. The van der Waals surface area contributed by atoms with Gasteiger partial charge in [-0.05, 0) is 40.0 Å². The number of ether oxygens (including phenoxy) is 1. The molecule has 0 aliphatic carbocycles. The minimum atomic E-state index is 0.374. The van der Waals surface area contributed by atoms with Gasteiger partial charge >= 0.3 is 0 Å². The molecule has 72 valence electrons. The molecule has 0 atom stereocenters. The zero-order valence-electron chi connectivity index (χ0n) is 7.63. The van der Waals surface area contributed by atoms with Gasteiger partial charge in [-0.25, -0.2) is 5.90 Å². The highest BCUT2D eigenvalue weighted by atomic mass is 79.9. The number of hydrogen-bond acceptors (Lipinski definition) is 3. The molecule has 0 bridgehead atoms. The standard InChI is InChI=1S/C9H12BrNO2/c1-6-3-7(5-13-11)9(10)8(4-6)12-2/h3-4H,5,11H2,1-2H3. The van der Waals surface area contributed by atoms with Crippen LogP contribution >= 0.6 is 15.9 Å². The normalized spacial score (nSPS) is 10.2. The summed E-state index contributed by atoms with van der Waals surface area (Å²) < 4.78 is 6.06. The molecule has 0 fully saturated rings. The van der Waals surface area contributed by atoms with Gasteiger partial charge in [-0.15, -0.1) is 0 Å². The Morgan fingerprint density at radius 1 is 1.46 bits per heavy atom. The lowest BCUT2D eigenvalue weighted by atomic mass is 10.1. The Labute approximate surface area is 85.9 Å². The Kier molecular flexibility index (Phi) is 3.71. The molecule has 4 heteroatoms. The van der Waals surface area contributed by atoms with Gasteiger partial charge in [0, 0.05) is 0 Å². The predicted octanol–water partition coefficient (Wildman–Crippen LogP) is 2.16. The van der Waals surface area contributed by atoms with Crippen LogP contribution in [0.5, 0.6) is 5.75 Å². The van der Waals surface area contributed by atoms with Crippen molar-refractivity contribution in [1.82, 2.24) is 0 Å². The van der Waals surface area contributed by atoms with E-state index in [-0.39, 0.29) is 0 Å². The van der Waals surface area contributed by atoms with Gasteiger partial charge in [0.1, 0.15) is 5.75 Å². The number of aryl methyl sites for hydroxylation is 1. The molecule has 0 unspecified atom stereocenters. The van der Waals surface area contributed by atoms with E-state index in [1.807, 2.05) is 19.1 Å². The van der Waals surface area contributed by atoms with Crippen molar-refractivity contribution in [3.63, 3.8) is 0 Å². The molecule has 0 heterocycles. The highest BCUT2D eigenvalue weighted by Gasteiger charge is 2.07. The fourth-order valence-electron chi connectivity index (χ4n) is 1.15. The van der Waals surface area contributed by atoms with E-state index in [4.69, 9.17) is 10.6 Å². The molecule has 0 aromatic heterocycles. The Morgan fingerprint density at radius 2 is 2.15 bits per heavy atom. The lowest BCUT2D eigenvalue weighted by Gasteiger charge is -2.09. The van der Waals surface area contributed by atoms with Gasteiger partial charge in [0.25, 0.3) is 0 Å². The molecule has 0 spiro atoms. The van der Waals surface area contributed by atoms with Crippen molar-refractivity contribution in [1.29, 1.82) is 0 Å². The maximum Gasteiger partial charge on any atom is 0.133 e. The zero-order valence-corrected chi connectivity index (χ0v) is 9.22. The molecule has 0 aliphatic rings. The SMILES string of the molecule is COc1cc(C)cc(CON)c1Br. The monoisotopic (exact) mass is 245 g/mol. The topological polar surface area (TPSA) is 44.5 Å². The van der Waals surface area contributed by atoms with Crippen LogP contribution in [0.4, 0.5) is 0 Å². The van der Waals surface area contributed by atoms with Crippen LogP contribution in [0.3, 0.4) is 0 Å². The second-order valence-electron chi connectivity index (χ2n) is 2.75. The summed E-state index contributed by atoms with van der Waals surface area (Å²) in [4.78, 5) is 4.58. The molecule has 1 aromatic carbocycles. The van der Waals surface area contributed by atoms with Crippen molar-refractivity contribution >= 4 is 15.9 Å². The molecule has 0 saturated carbocycles. The Hall–Kier alpha value is -0.580. The molecular weight excluding hydrogens is 234 g/mol. The quantitative estimate of drug-likeness (QED) is 0.831. The summed E-state index contributed by atoms with van der Waals surface area (Å²) >= 11 is 3.42. The second-order valence-corrected chi connectivity index (χ2v) is 3.54. The van der Waals surface area contributed by atoms with Gasteiger partial charge in [0.05, 0.1) is 18.2 Å². The maximum atomic E-state index is 5.17. The summed E-state index contributed by atoms with van der Waals surface area (Å²) in [6.45, 7) is 2.37. The van der Waals surface area contributed by atoms with E-state index in [2.05, 4.69) is 20.8 Å². The lowest BCUT2D eigenvalue weighted by Crippen LogP contribution is -2.01. The Morgan fingerprint density at radius 3 is 2.69 bits per heavy atom. The van der Waals surface area contributed by atoms with Crippen molar-refractivity contribution in [2.24, 2.45) is 5.90 Å². The van der Waals surface area contributed by atoms with Crippen LogP contribution in [-0.4, -0.2) is 7.11 Å². The van der Waals surface area contributed by atoms with Crippen LogP contribution in [0.1, 0.15) is 11.1 Å². The first-order chi connectivity index (χ1) is 6.19. The first-order valence-corrected chi connectivity index (χ1v) is 4.63. The van der Waals surface area contributed by atoms with E-state index in [1.54, 1.807) is 7.11 Å². The number of nitrogens with two attached hydrogens (primary N) is 1. The van der Waals surface area contributed by atoms with Crippen LogP contribution in [0.25, 0.3) is 0 Å². The summed E-state index contributed by atoms with van der Waals surface area (Å²) in [5, 5.41) is 0. The summed E-state index contributed by atoms with van der Waals surface area (Å²) in [5.41, 5.74) is 2.10. The average molecular weight is 246 g/mol. The largest absolute Gasteiger partial charge is 0.496 e. The first kappa shape index (κ1) is 10.5. The van der Waals surface area contributed by atoms with E-state index >= 15 is 0 Å². The van der Waals surface area contributed by atoms with Crippen molar-refractivity contribution in [3.05, 3.63) is 27.7 Å². The van der Waals surface area contributed by atoms with E-state index in [9.17, 15) is 0 Å². The molecule has 0 saturated heterocycles. The van der Waals surface area contributed by atoms with Crippen LogP contribution in [-0.2, 0) is 11.4 Å². The predicted molar refractivity (Wildman–Crippen MR) is 54.4 cm³/mol. The average Bonchev–Trinajstić information content (AvgIpc) is 2.11. The van der Waals surface area contributed by atoms with Gasteiger partial charge in [-0.3, -0.25) is 4.84 Å². The van der Waals surface area contributed by atoms with Gasteiger partial charge in [0.15, 0.2) is 0 Å². The highest BCUT2D eigenvalue weighted by molar-refractivity contribution is 9.10. The summed E-state index contributed by atoms with van der Waals surface area (Å²) in [5.74, 6) is 5.81. The Balaban J connectivity index is 3.11. The molecule has 2 N–H and O–H groups in total. The van der Waals surface area contributed by atoms with Crippen LogP contribution in [0.2, 0.25) is 0 Å².